The first-order valence-corrected chi connectivity index (χ1v) is 9.71. The number of alkyl halides is 1. The highest BCUT2D eigenvalue weighted by molar-refractivity contribution is 14.1. The van der Waals surface area contributed by atoms with E-state index in [1.807, 2.05) is 37.4 Å². The van der Waals surface area contributed by atoms with Gasteiger partial charge in [0.2, 0.25) is 5.88 Å². The number of hydrogen-bond donors (Lipinski definition) is 1. The van der Waals surface area contributed by atoms with Gasteiger partial charge in [-0.1, -0.05) is 18.7 Å². The molecular formula is C20H24FIN2O3. The molecule has 1 aromatic carbocycles. The zero-order valence-corrected chi connectivity index (χ0v) is 17.5. The van der Waals surface area contributed by atoms with Gasteiger partial charge in [0.05, 0.1) is 30.0 Å². The van der Waals surface area contributed by atoms with E-state index in [1.165, 1.54) is 0 Å². The number of ether oxygens (including phenoxy) is 3. The molecule has 27 heavy (non-hydrogen) atoms. The minimum absolute atomic E-state index is 0.110. The Morgan fingerprint density at radius 3 is 2.37 bits per heavy atom. The van der Waals surface area contributed by atoms with Crippen LogP contribution in [0.1, 0.15) is 11.1 Å². The molecule has 146 valence electrons. The van der Waals surface area contributed by atoms with E-state index in [9.17, 15) is 4.39 Å². The number of benzene rings is 1. The van der Waals surface area contributed by atoms with E-state index in [2.05, 4.69) is 39.5 Å². The maximum absolute atomic E-state index is 11.9. The minimum atomic E-state index is -0.475. The van der Waals surface area contributed by atoms with Crippen LogP contribution in [0.4, 0.5) is 10.1 Å². The molecule has 0 saturated carbocycles. The molecular weight excluding hydrogens is 462 g/mol. The Labute approximate surface area is 173 Å². The normalized spacial score (nSPS) is 10.6. The second kappa shape index (κ2) is 11.9. The maximum atomic E-state index is 11.9. The van der Waals surface area contributed by atoms with E-state index in [0.29, 0.717) is 32.3 Å². The number of rotatable bonds is 12. The summed E-state index contributed by atoms with van der Waals surface area (Å²) in [6.45, 7) is 5.42. The van der Waals surface area contributed by atoms with E-state index >= 15 is 0 Å². The van der Waals surface area contributed by atoms with Crippen LogP contribution in [0.5, 0.6) is 5.88 Å². The molecule has 0 amide bonds. The van der Waals surface area contributed by atoms with E-state index in [0.717, 1.165) is 26.0 Å². The maximum Gasteiger partial charge on any atom is 0.227 e. The van der Waals surface area contributed by atoms with E-state index < -0.39 is 6.67 Å². The summed E-state index contributed by atoms with van der Waals surface area (Å²) in [7, 11) is 1.89. The lowest BCUT2D eigenvalue weighted by Gasteiger charge is -2.11. The largest absolute Gasteiger partial charge is 0.474 e. The number of nitrogens with one attached hydrogen (secondary N) is 1. The number of hydrogen-bond acceptors (Lipinski definition) is 5. The van der Waals surface area contributed by atoms with Crippen LogP contribution in [0, 0.1) is 3.57 Å². The van der Waals surface area contributed by atoms with Gasteiger partial charge in [-0.3, -0.25) is 0 Å². The molecule has 0 aliphatic rings. The molecule has 2 rings (SSSR count). The molecule has 0 aliphatic heterocycles. The molecule has 7 heteroatoms. The third-order valence-corrected chi connectivity index (χ3v) is 4.51. The minimum Gasteiger partial charge on any atom is -0.474 e. The van der Waals surface area contributed by atoms with Crippen molar-refractivity contribution >= 4 is 33.9 Å². The van der Waals surface area contributed by atoms with Crippen molar-refractivity contribution in [2.24, 2.45) is 0 Å². The van der Waals surface area contributed by atoms with Gasteiger partial charge >= 0.3 is 0 Å². The summed E-state index contributed by atoms with van der Waals surface area (Å²) in [6, 6.07) is 10.1. The zero-order chi connectivity index (χ0) is 19.5. The molecule has 0 atom stereocenters. The van der Waals surface area contributed by atoms with Crippen molar-refractivity contribution in [2.45, 2.75) is 0 Å². The van der Waals surface area contributed by atoms with E-state index in [1.54, 1.807) is 6.20 Å². The molecule has 0 fully saturated rings. The van der Waals surface area contributed by atoms with Crippen LogP contribution in [0.3, 0.4) is 0 Å². The average molecular weight is 486 g/mol. The van der Waals surface area contributed by atoms with Crippen molar-refractivity contribution in [3.8, 4) is 5.88 Å². The standard InChI is InChI=1S/C20H24FIN2O3/c1-15(16-3-5-18(23-2)6-4-16)17-13-19(22)20(24-14-17)27-12-11-26-10-9-25-8-7-21/h3-6,13-14,23H,1,7-12H2,2H3. The van der Waals surface area contributed by atoms with Gasteiger partial charge in [0.1, 0.15) is 13.3 Å². The van der Waals surface area contributed by atoms with Crippen molar-refractivity contribution in [1.29, 1.82) is 0 Å². The number of nitrogens with zero attached hydrogens (tertiary/aromatic N) is 1. The van der Waals surface area contributed by atoms with Gasteiger partial charge in [0, 0.05) is 24.5 Å². The van der Waals surface area contributed by atoms with Crippen LogP contribution in [0.15, 0.2) is 43.1 Å². The summed E-state index contributed by atoms with van der Waals surface area (Å²) < 4.78 is 28.8. The first-order chi connectivity index (χ1) is 13.2. The molecule has 0 spiro atoms. The van der Waals surface area contributed by atoms with E-state index in [-0.39, 0.29) is 6.61 Å². The second-order valence-corrected chi connectivity index (χ2v) is 6.74. The number of pyridine rings is 1. The fourth-order valence-corrected chi connectivity index (χ4v) is 2.91. The summed E-state index contributed by atoms with van der Waals surface area (Å²) in [5, 5.41) is 3.10. The quantitative estimate of drug-likeness (QED) is 0.361. The lowest BCUT2D eigenvalue weighted by molar-refractivity contribution is 0.0319. The van der Waals surface area contributed by atoms with Crippen molar-refractivity contribution in [2.75, 3.05) is 52.1 Å². The molecule has 0 bridgehead atoms. The first kappa shape index (κ1) is 21.6. The Morgan fingerprint density at radius 2 is 1.74 bits per heavy atom. The molecule has 0 saturated heterocycles. The van der Waals surface area contributed by atoms with Crippen LogP contribution >= 0.6 is 22.6 Å². The third kappa shape index (κ3) is 7.08. The second-order valence-electron chi connectivity index (χ2n) is 5.58. The number of halogens is 2. The van der Waals surface area contributed by atoms with Crippen LogP contribution in [0.25, 0.3) is 5.57 Å². The first-order valence-electron chi connectivity index (χ1n) is 8.63. The molecule has 5 nitrogen and oxygen atoms in total. The summed E-state index contributed by atoms with van der Waals surface area (Å²) in [4.78, 5) is 4.39. The predicted molar refractivity (Wildman–Crippen MR) is 114 cm³/mol. The number of anilines is 1. The van der Waals surface area contributed by atoms with E-state index in [4.69, 9.17) is 14.2 Å². The van der Waals surface area contributed by atoms with Crippen molar-refractivity contribution < 1.29 is 18.6 Å². The molecule has 0 aliphatic carbocycles. The Bertz CT molecular complexity index is 726. The lowest BCUT2D eigenvalue weighted by atomic mass is 10.0. The van der Waals surface area contributed by atoms with Crippen molar-refractivity contribution in [3.63, 3.8) is 0 Å². The van der Waals surface area contributed by atoms with Gasteiger partial charge < -0.3 is 19.5 Å². The fourth-order valence-electron chi connectivity index (χ4n) is 2.28. The molecule has 1 heterocycles. The molecule has 1 N–H and O–H groups in total. The summed E-state index contributed by atoms with van der Waals surface area (Å²) in [6.07, 6.45) is 1.76. The highest BCUT2D eigenvalue weighted by Gasteiger charge is 2.08. The molecule has 1 aromatic heterocycles. The van der Waals surface area contributed by atoms with Crippen LogP contribution in [-0.4, -0.2) is 51.7 Å². The molecule has 0 unspecified atom stereocenters. The zero-order valence-electron chi connectivity index (χ0n) is 15.3. The van der Waals surface area contributed by atoms with Gasteiger partial charge in [-0.05, 0) is 51.9 Å². The highest BCUT2D eigenvalue weighted by Crippen LogP contribution is 2.26. The molecule has 2 aromatic rings. The molecule has 0 radical (unpaired) electrons. The summed E-state index contributed by atoms with van der Waals surface area (Å²) >= 11 is 2.20. The predicted octanol–water partition coefficient (Wildman–Crippen LogP) is 4.17. The van der Waals surface area contributed by atoms with Gasteiger partial charge in [-0.25, -0.2) is 9.37 Å². The monoisotopic (exact) mass is 486 g/mol. The van der Waals surface area contributed by atoms with Crippen molar-refractivity contribution in [1.82, 2.24) is 4.98 Å². The Balaban J connectivity index is 1.83. The van der Waals surface area contributed by atoms with Crippen LogP contribution < -0.4 is 10.1 Å². The smallest absolute Gasteiger partial charge is 0.227 e. The lowest BCUT2D eigenvalue weighted by Crippen LogP contribution is -2.12. The van der Waals surface area contributed by atoms with Gasteiger partial charge in [0.25, 0.3) is 0 Å². The summed E-state index contributed by atoms with van der Waals surface area (Å²) in [5.74, 6) is 0.565. The van der Waals surface area contributed by atoms with Crippen molar-refractivity contribution in [3.05, 3.63) is 57.8 Å². The Kier molecular flexibility index (Phi) is 9.51. The Hall–Kier alpha value is -1.71. The van der Waals surface area contributed by atoms with Gasteiger partial charge in [0.15, 0.2) is 0 Å². The Morgan fingerprint density at radius 1 is 1.07 bits per heavy atom. The third-order valence-electron chi connectivity index (χ3n) is 3.74. The van der Waals surface area contributed by atoms with Crippen LogP contribution in [-0.2, 0) is 9.47 Å². The average Bonchev–Trinajstić information content (AvgIpc) is 2.70. The highest BCUT2D eigenvalue weighted by atomic mass is 127. The number of aromatic nitrogens is 1. The van der Waals surface area contributed by atoms with Crippen LogP contribution in [0.2, 0.25) is 0 Å². The van der Waals surface area contributed by atoms with Gasteiger partial charge in [-0.2, -0.15) is 0 Å². The fraction of sp³-hybridized carbons (Fsp3) is 0.350. The topological polar surface area (TPSA) is 52.6 Å². The van der Waals surface area contributed by atoms with Gasteiger partial charge in [-0.15, -0.1) is 0 Å². The SMILES string of the molecule is C=C(c1ccc(NC)cc1)c1cnc(OCCOCCOCCF)c(I)c1. The summed E-state index contributed by atoms with van der Waals surface area (Å²) in [5.41, 5.74) is 3.96.